The van der Waals surface area contributed by atoms with Crippen molar-refractivity contribution in [3.8, 4) is 5.75 Å². The Labute approximate surface area is 165 Å². The van der Waals surface area contributed by atoms with Crippen LogP contribution in [-0.2, 0) is 17.9 Å². The van der Waals surface area contributed by atoms with Crippen molar-refractivity contribution in [3.05, 3.63) is 53.2 Å². The molecule has 0 atom stereocenters. The molecule has 1 aliphatic heterocycles. The normalized spacial score (nSPS) is 19.4. The second-order valence-electron chi connectivity index (χ2n) is 7.57. The first-order valence-electron chi connectivity index (χ1n) is 9.73. The lowest BCUT2D eigenvalue weighted by atomic mass is 10.1. The summed E-state index contributed by atoms with van der Waals surface area (Å²) in [6.45, 7) is 7.37. The van der Waals surface area contributed by atoms with Crippen LogP contribution < -0.4 is 14.5 Å². The Balaban J connectivity index is 1.46. The molecule has 1 aromatic carbocycles. The zero-order valence-electron chi connectivity index (χ0n) is 16.9. The van der Waals surface area contributed by atoms with Gasteiger partial charge in [-0.1, -0.05) is 0 Å². The van der Waals surface area contributed by atoms with E-state index >= 15 is 0 Å². The van der Waals surface area contributed by atoms with Crippen LogP contribution in [0.2, 0.25) is 0 Å². The summed E-state index contributed by atoms with van der Waals surface area (Å²) in [5, 5.41) is 0. The molecule has 0 unspecified atom stereocenters. The molecule has 6 nitrogen and oxygen atoms in total. The molecular formula is C21H30FN3O3+2. The number of amides is 1. The zero-order chi connectivity index (χ0) is 20.1. The maximum Gasteiger partial charge on any atom is 0.277 e. The SMILES string of the molecule is COc1ccc(F)cc1C[NH+]1CC[NH+](CC(=O)N(C)Cc2ccc(C)o2)CC1. The van der Waals surface area contributed by atoms with E-state index < -0.39 is 0 Å². The predicted molar refractivity (Wildman–Crippen MR) is 103 cm³/mol. The number of benzene rings is 1. The van der Waals surface area contributed by atoms with Gasteiger partial charge in [-0.25, -0.2) is 4.39 Å². The lowest BCUT2D eigenvalue weighted by Crippen LogP contribution is -3.28. The van der Waals surface area contributed by atoms with Gasteiger partial charge in [-0.15, -0.1) is 0 Å². The van der Waals surface area contributed by atoms with Gasteiger partial charge in [-0.2, -0.15) is 0 Å². The molecule has 1 aromatic heterocycles. The Morgan fingerprint density at radius 1 is 1.18 bits per heavy atom. The maximum atomic E-state index is 13.6. The molecule has 1 aliphatic rings. The van der Waals surface area contributed by atoms with Crippen molar-refractivity contribution >= 4 is 5.91 Å². The number of hydrogen-bond donors (Lipinski definition) is 2. The Bertz CT molecular complexity index is 800. The summed E-state index contributed by atoms with van der Waals surface area (Å²) in [6.07, 6.45) is 0. The van der Waals surface area contributed by atoms with Crippen molar-refractivity contribution in [3.63, 3.8) is 0 Å². The van der Waals surface area contributed by atoms with Gasteiger partial charge in [0.1, 0.15) is 55.8 Å². The van der Waals surface area contributed by atoms with Crippen LogP contribution in [0.3, 0.4) is 0 Å². The molecular weight excluding hydrogens is 361 g/mol. The number of likely N-dealkylation sites (N-methyl/N-ethyl adjacent to an activating group) is 1. The Morgan fingerprint density at radius 3 is 2.54 bits per heavy atom. The maximum absolute atomic E-state index is 13.6. The van der Waals surface area contributed by atoms with Crippen molar-refractivity contribution in [1.29, 1.82) is 0 Å². The molecule has 0 radical (unpaired) electrons. The van der Waals surface area contributed by atoms with E-state index in [4.69, 9.17) is 9.15 Å². The van der Waals surface area contributed by atoms with Crippen LogP contribution >= 0.6 is 0 Å². The van der Waals surface area contributed by atoms with Gasteiger partial charge in [0.15, 0.2) is 6.54 Å². The molecule has 0 aliphatic carbocycles. The number of methoxy groups -OCH3 is 1. The summed E-state index contributed by atoms with van der Waals surface area (Å²) in [4.78, 5) is 16.9. The van der Waals surface area contributed by atoms with Crippen LogP contribution in [0, 0.1) is 12.7 Å². The molecule has 3 rings (SSSR count). The van der Waals surface area contributed by atoms with E-state index in [1.54, 1.807) is 24.1 Å². The van der Waals surface area contributed by atoms with E-state index in [0.717, 1.165) is 55.6 Å². The number of aryl methyl sites for hydroxylation is 1. The number of quaternary nitrogens is 2. The summed E-state index contributed by atoms with van der Waals surface area (Å²) in [7, 11) is 3.43. The quantitative estimate of drug-likeness (QED) is 0.680. The molecule has 0 saturated carbocycles. The molecule has 7 heteroatoms. The van der Waals surface area contributed by atoms with Gasteiger partial charge in [0.05, 0.1) is 19.2 Å². The number of piperazine rings is 1. The standard InChI is InChI=1S/C21H28FN3O3/c1-16-4-6-19(28-16)14-23(2)21(26)15-25-10-8-24(9-11-25)13-17-12-18(22)5-7-20(17)27-3/h4-7,12H,8-11,13-15H2,1-3H3/p+2. The van der Waals surface area contributed by atoms with Crippen LogP contribution in [0.25, 0.3) is 0 Å². The molecule has 152 valence electrons. The van der Waals surface area contributed by atoms with Crippen LogP contribution in [0.4, 0.5) is 4.39 Å². The Hall–Kier alpha value is -2.38. The highest BCUT2D eigenvalue weighted by molar-refractivity contribution is 5.76. The number of rotatable bonds is 7. The van der Waals surface area contributed by atoms with Crippen molar-refractivity contribution in [2.75, 3.05) is 46.9 Å². The van der Waals surface area contributed by atoms with E-state index in [2.05, 4.69) is 0 Å². The highest BCUT2D eigenvalue weighted by Gasteiger charge is 2.27. The van der Waals surface area contributed by atoms with E-state index in [-0.39, 0.29) is 11.7 Å². The van der Waals surface area contributed by atoms with E-state index in [0.29, 0.717) is 13.1 Å². The van der Waals surface area contributed by atoms with Crippen LogP contribution in [0.5, 0.6) is 5.75 Å². The fourth-order valence-electron chi connectivity index (χ4n) is 3.71. The first-order valence-corrected chi connectivity index (χ1v) is 9.73. The monoisotopic (exact) mass is 391 g/mol. The number of carbonyl (C=O) groups excluding carboxylic acids is 1. The van der Waals surface area contributed by atoms with E-state index in [1.807, 2.05) is 26.1 Å². The van der Waals surface area contributed by atoms with Crippen molar-refractivity contribution in [2.24, 2.45) is 0 Å². The molecule has 1 saturated heterocycles. The summed E-state index contributed by atoms with van der Waals surface area (Å²) in [5.74, 6) is 2.28. The van der Waals surface area contributed by atoms with Gasteiger partial charge in [-0.3, -0.25) is 4.79 Å². The second-order valence-corrected chi connectivity index (χ2v) is 7.57. The van der Waals surface area contributed by atoms with E-state index in [1.165, 1.54) is 15.9 Å². The lowest BCUT2D eigenvalue weighted by Gasteiger charge is -2.30. The number of nitrogens with zero attached hydrogens (tertiary/aromatic N) is 1. The smallest absolute Gasteiger partial charge is 0.277 e. The van der Waals surface area contributed by atoms with Crippen LogP contribution in [0.1, 0.15) is 17.1 Å². The minimum absolute atomic E-state index is 0.124. The predicted octanol–water partition coefficient (Wildman–Crippen LogP) is -0.322. The summed E-state index contributed by atoms with van der Waals surface area (Å²) in [6, 6.07) is 8.48. The lowest BCUT2D eigenvalue weighted by molar-refractivity contribution is -1.02. The molecule has 2 heterocycles. The largest absolute Gasteiger partial charge is 0.496 e. The number of halogens is 1. The van der Waals surface area contributed by atoms with Gasteiger partial charge in [0, 0.05) is 7.05 Å². The Morgan fingerprint density at radius 2 is 1.89 bits per heavy atom. The molecule has 1 amide bonds. The summed E-state index contributed by atoms with van der Waals surface area (Å²) < 4.78 is 24.5. The third-order valence-corrected chi connectivity index (χ3v) is 5.36. The van der Waals surface area contributed by atoms with Gasteiger partial charge in [0.25, 0.3) is 5.91 Å². The van der Waals surface area contributed by atoms with Crippen molar-refractivity contribution < 1.29 is 28.1 Å². The average Bonchev–Trinajstić information content (AvgIpc) is 3.08. The summed E-state index contributed by atoms with van der Waals surface area (Å²) >= 11 is 0. The fraction of sp³-hybridized carbons (Fsp3) is 0.476. The third-order valence-electron chi connectivity index (χ3n) is 5.36. The second kappa shape index (κ2) is 9.21. The minimum Gasteiger partial charge on any atom is -0.496 e. The molecule has 2 N–H and O–H groups in total. The minimum atomic E-state index is -0.236. The molecule has 0 spiro atoms. The van der Waals surface area contributed by atoms with Crippen LogP contribution in [0.15, 0.2) is 34.7 Å². The van der Waals surface area contributed by atoms with Crippen LogP contribution in [-0.4, -0.2) is 57.7 Å². The molecule has 28 heavy (non-hydrogen) atoms. The highest BCUT2D eigenvalue weighted by atomic mass is 19.1. The van der Waals surface area contributed by atoms with Gasteiger partial charge < -0.3 is 23.9 Å². The molecule has 2 aromatic rings. The van der Waals surface area contributed by atoms with Gasteiger partial charge in [-0.05, 0) is 37.3 Å². The van der Waals surface area contributed by atoms with Gasteiger partial charge >= 0.3 is 0 Å². The number of ether oxygens (including phenoxy) is 1. The van der Waals surface area contributed by atoms with E-state index in [9.17, 15) is 9.18 Å². The topological polar surface area (TPSA) is 51.6 Å². The van der Waals surface area contributed by atoms with Crippen molar-refractivity contribution in [2.45, 2.75) is 20.0 Å². The van der Waals surface area contributed by atoms with Gasteiger partial charge in [0.2, 0.25) is 0 Å². The zero-order valence-corrected chi connectivity index (χ0v) is 16.9. The molecule has 1 fully saturated rings. The molecule has 0 bridgehead atoms. The average molecular weight is 391 g/mol. The first-order chi connectivity index (χ1) is 13.4. The third kappa shape index (κ3) is 5.33. The first kappa shape index (κ1) is 20.4. The number of furan rings is 1. The highest BCUT2D eigenvalue weighted by Crippen LogP contribution is 2.18. The number of nitrogens with one attached hydrogen (secondary N) is 2. The summed E-state index contributed by atoms with van der Waals surface area (Å²) in [5.41, 5.74) is 0.894. The number of carbonyl (C=O) groups is 1. The Kier molecular flexibility index (Phi) is 6.70. The van der Waals surface area contributed by atoms with Crippen molar-refractivity contribution in [1.82, 2.24) is 4.90 Å². The number of hydrogen-bond acceptors (Lipinski definition) is 3. The fourth-order valence-corrected chi connectivity index (χ4v) is 3.71.